The number of halogens is 2. The minimum atomic E-state index is -0.0546. The first-order valence-electron chi connectivity index (χ1n) is 13.0. The zero-order valence-electron chi connectivity index (χ0n) is 22.2. The summed E-state index contributed by atoms with van der Waals surface area (Å²) in [6.45, 7) is 4.38. The van der Waals surface area contributed by atoms with Gasteiger partial charge in [-0.25, -0.2) is 4.98 Å². The third-order valence-electron chi connectivity index (χ3n) is 7.87. The van der Waals surface area contributed by atoms with Crippen LogP contribution in [0.15, 0.2) is 36.4 Å². The number of aromatic nitrogens is 1. The Morgan fingerprint density at radius 2 is 1.78 bits per heavy atom. The molecule has 2 saturated heterocycles. The Hall–Kier alpha value is -2.35. The van der Waals surface area contributed by atoms with Crippen LogP contribution in [0.25, 0.3) is 0 Å². The summed E-state index contributed by atoms with van der Waals surface area (Å²) in [6, 6.07) is 11.9. The molecule has 2 aliphatic rings. The average molecular weight is 547 g/mol. The van der Waals surface area contributed by atoms with Gasteiger partial charge in [-0.1, -0.05) is 35.3 Å². The lowest BCUT2D eigenvalue weighted by Gasteiger charge is -2.43. The van der Waals surface area contributed by atoms with Gasteiger partial charge in [0, 0.05) is 72.1 Å². The second-order valence-electron chi connectivity index (χ2n) is 10.4. The van der Waals surface area contributed by atoms with Gasteiger partial charge < -0.3 is 14.7 Å². The van der Waals surface area contributed by atoms with Crippen molar-refractivity contribution in [3.8, 4) is 0 Å². The fourth-order valence-electron chi connectivity index (χ4n) is 5.61. The van der Waals surface area contributed by atoms with Gasteiger partial charge >= 0.3 is 0 Å². The number of hydrogen-bond donors (Lipinski definition) is 0. The van der Waals surface area contributed by atoms with E-state index in [4.69, 9.17) is 28.2 Å². The van der Waals surface area contributed by atoms with Crippen LogP contribution < -0.4 is 9.80 Å². The van der Waals surface area contributed by atoms with E-state index in [1.165, 1.54) is 0 Å². The normalized spacial score (nSPS) is 21.2. The third kappa shape index (κ3) is 6.39. The first kappa shape index (κ1) is 27.7. The van der Waals surface area contributed by atoms with E-state index in [9.17, 15) is 9.59 Å². The maximum absolute atomic E-state index is 13.4. The zero-order valence-corrected chi connectivity index (χ0v) is 23.7. The lowest BCUT2D eigenvalue weighted by Crippen LogP contribution is -2.51. The largest absolute Gasteiger partial charge is 0.363 e. The SMILES string of the molecule is CC(=O)N(C)C1CCN(CCC2[C@H](c3ccc(Cl)c(Cl)c3)CCC(=O)N2c2cccc(N(C)C)n2)CC1. The van der Waals surface area contributed by atoms with E-state index in [1.807, 2.05) is 72.2 Å². The van der Waals surface area contributed by atoms with Crippen LogP contribution in [0.2, 0.25) is 10.0 Å². The summed E-state index contributed by atoms with van der Waals surface area (Å²) in [5.41, 5.74) is 1.10. The minimum absolute atomic E-state index is 0.0546. The number of carbonyl (C=O) groups excluding carboxylic acids is 2. The van der Waals surface area contributed by atoms with E-state index in [0.29, 0.717) is 28.3 Å². The number of carbonyl (C=O) groups is 2. The molecule has 0 radical (unpaired) electrons. The number of rotatable bonds is 7. The number of piperidine rings is 2. The van der Waals surface area contributed by atoms with Gasteiger partial charge in [0.1, 0.15) is 11.6 Å². The van der Waals surface area contributed by atoms with Gasteiger partial charge in [0.25, 0.3) is 0 Å². The molecule has 0 aliphatic carbocycles. The van der Waals surface area contributed by atoms with Crippen molar-refractivity contribution < 1.29 is 9.59 Å². The number of anilines is 2. The summed E-state index contributed by atoms with van der Waals surface area (Å²) in [7, 11) is 5.80. The Morgan fingerprint density at radius 3 is 2.43 bits per heavy atom. The van der Waals surface area contributed by atoms with Gasteiger partial charge in [-0.15, -0.1) is 0 Å². The van der Waals surface area contributed by atoms with Gasteiger partial charge in [0.15, 0.2) is 0 Å². The second kappa shape index (κ2) is 12.0. The molecule has 37 heavy (non-hydrogen) atoms. The van der Waals surface area contributed by atoms with Crippen molar-refractivity contribution in [3.63, 3.8) is 0 Å². The van der Waals surface area contributed by atoms with Crippen LogP contribution in [-0.2, 0) is 9.59 Å². The fraction of sp³-hybridized carbons (Fsp3) is 0.536. The van der Waals surface area contributed by atoms with E-state index in [1.54, 1.807) is 6.92 Å². The number of likely N-dealkylation sites (tertiary alicyclic amines) is 1. The molecule has 200 valence electrons. The van der Waals surface area contributed by atoms with Crippen LogP contribution in [0.1, 0.15) is 50.5 Å². The average Bonchev–Trinajstić information content (AvgIpc) is 2.89. The van der Waals surface area contributed by atoms with Crippen molar-refractivity contribution in [3.05, 3.63) is 52.0 Å². The first-order chi connectivity index (χ1) is 17.7. The molecule has 4 rings (SSSR count). The first-order valence-corrected chi connectivity index (χ1v) is 13.8. The molecule has 0 N–H and O–H groups in total. The maximum Gasteiger partial charge on any atom is 0.228 e. The van der Waals surface area contributed by atoms with Crippen LogP contribution >= 0.6 is 23.2 Å². The summed E-state index contributed by atoms with van der Waals surface area (Å²) >= 11 is 12.6. The van der Waals surface area contributed by atoms with Crippen LogP contribution in [0.3, 0.4) is 0 Å². The van der Waals surface area contributed by atoms with Gasteiger partial charge in [0.2, 0.25) is 11.8 Å². The van der Waals surface area contributed by atoms with Crippen molar-refractivity contribution in [2.75, 3.05) is 50.6 Å². The molecule has 2 atom stereocenters. The number of hydrogen-bond acceptors (Lipinski definition) is 5. The highest BCUT2D eigenvalue weighted by Crippen LogP contribution is 2.39. The summed E-state index contributed by atoms with van der Waals surface area (Å²) in [5.74, 6) is 1.85. The smallest absolute Gasteiger partial charge is 0.228 e. The molecule has 9 heteroatoms. The molecule has 3 heterocycles. The summed E-state index contributed by atoms with van der Waals surface area (Å²) in [4.78, 5) is 38.2. The molecule has 2 aliphatic heterocycles. The summed E-state index contributed by atoms with van der Waals surface area (Å²) in [6.07, 6.45) is 3.96. The molecular weight excluding hydrogens is 509 g/mol. The predicted octanol–water partition coefficient (Wildman–Crippen LogP) is 5.07. The lowest BCUT2D eigenvalue weighted by atomic mass is 9.81. The standard InChI is InChI=1S/C28H37Cl2N5O2/c1-19(36)33(4)21-12-15-34(16-13-21)17-14-25-22(20-8-10-23(29)24(30)18-20)9-11-28(37)35(25)27-7-5-6-26(31-27)32(2)3/h5-8,10,18,21-22,25H,9,11-17H2,1-4H3/t22-,25?/m0/s1. The monoisotopic (exact) mass is 545 g/mol. The Morgan fingerprint density at radius 1 is 1.05 bits per heavy atom. The van der Waals surface area contributed by atoms with E-state index in [2.05, 4.69) is 4.90 Å². The van der Waals surface area contributed by atoms with Crippen LogP contribution in [0, 0.1) is 0 Å². The Labute approximate surface area is 230 Å². The summed E-state index contributed by atoms with van der Waals surface area (Å²) < 4.78 is 0. The molecule has 1 unspecified atom stereocenters. The minimum Gasteiger partial charge on any atom is -0.363 e. The van der Waals surface area contributed by atoms with Crippen molar-refractivity contribution in [2.24, 2.45) is 0 Å². The number of benzene rings is 1. The van der Waals surface area contributed by atoms with Crippen LogP contribution in [-0.4, -0.2) is 79.5 Å². The van der Waals surface area contributed by atoms with Crippen LogP contribution in [0.5, 0.6) is 0 Å². The predicted molar refractivity (Wildman–Crippen MR) is 151 cm³/mol. The zero-order chi connectivity index (χ0) is 26.7. The molecule has 0 spiro atoms. The number of nitrogens with zero attached hydrogens (tertiary/aromatic N) is 5. The van der Waals surface area contributed by atoms with E-state index < -0.39 is 0 Å². The molecule has 1 aromatic carbocycles. The lowest BCUT2D eigenvalue weighted by molar-refractivity contribution is -0.130. The Kier molecular flexibility index (Phi) is 8.98. The molecule has 2 fully saturated rings. The van der Waals surface area contributed by atoms with Gasteiger partial charge in [-0.2, -0.15) is 0 Å². The molecule has 7 nitrogen and oxygen atoms in total. The molecule has 0 bridgehead atoms. The number of amides is 2. The van der Waals surface area contributed by atoms with Crippen molar-refractivity contribution in [1.82, 2.24) is 14.8 Å². The Balaban J connectivity index is 1.58. The van der Waals surface area contributed by atoms with Gasteiger partial charge in [0.05, 0.1) is 10.0 Å². The number of pyridine rings is 1. The van der Waals surface area contributed by atoms with Crippen molar-refractivity contribution >= 4 is 46.7 Å². The van der Waals surface area contributed by atoms with E-state index in [-0.39, 0.29) is 23.8 Å². The molecule has 2 amide bonds. The van der Waals surface area contributed by atoms with Gasteiger partial charge in [-0.3, -0.25) is 14.5 Å². The van der Waals surface area contributed by atoms with Crippen molar-refractivity contribution in [2.45, 2.75) is 57.0 Å². The summed E-state index contributed by atoms with van der Waals surface area (Å²) in [5, 5.41) is 1.07. The second-order valence-corrected chi connectivity index (χ2v) is 11.2. The quantitative estimate of drug-likeness (QED) is 0.486. The molecule has 2 aromatic rings. The molecule has 1 aromatic heterocycles. The van der Waals surface area contributed by atoms with E-state index in [0.717, 1.165) is 56.7 Å². The van der Waals surface area contributed by atoms with Gasteiger partial charge in [-0.05, 0) is 55.5 Å². The molecular formula is C28H37Cl2N5O2. The third-order valence-corrected chi connectivity index (χ3v) is 8.61. The highest BCUT2D eigenvalue weighted by molar-refractivity contribution is 6.42. The molecule has 0 saturated carbocycles. The highest BCUT2D eigenvalue weighted by atomic mass is 35.5. The van der Waals surface area contributed by atoms with Crippen molar-refractivity contribution in [1.29, 1.82) is 0 Å². The van der Waals surface area contributed by atoms with E-state index >= 15 is 0 Å². The highest BCUT2D eigenvalue weighted by Gasteiger charge is 2.39. The maximum atomic E-state index is 13.4. The van der Waals surface area contributed by atoms with Crippen LogP contribution in [0.4, 0.5) is 11.6 Å². The Bertz CT molecular complexity index is 1120. The fourth-order valence-corrected chi connectivity index (χ4v) is 5.92. The topological polar surface area (TPSA) is 60.0 Å².